The van der Waals surface area contributed by atoms with Gasteiger partial charge in [0.25, 0.3) is 5.56 Å². The highest BCUT2D eigenvalue weighted by atomic mass is 32.2. The minimum atomic E-state index is -0.127. The second-order valence-corrected chi connectivity index (χ2v) is 10.5. The van der Waals surface area contributed by atoms with Crippen molar-refractivity contribution in [2.45, 2.75) is 18.1 Å². The van der Waals surface area contributed by atoms with E-state index in [4.69, 9.17) is 0 Å². The van der Waals surface area contributed by atoms with Crippen LogP contribution in [0.5, 0.6) is 0 Å². The van der Waals surface area contributed by atoms with Gasteiger partial charge in [0.2, 0.25) is 11.7 Å². The van der Waals surface area contributed by atoms with Gasteiger partial charge >= 0.3 is 0 Å². The predicted molar refractivity (Wildman–Crippen MR) is 140 cm³/mol. The van der Waals surface area contributed by atoms with E-state index < -0.39 is 0 Å². The number of likely N-dealkylation sites (N-methyl/N-ethyl adjacent to an activating group) is 1. The summed E-state index contributed by atoms with van der Waals surface area (Å²) in [5, 5.41) is 13.0. The van der Waals surface area contributed by atoms with Crippen LogP contribution in [0, 0.1) is 0 Å². The highest BCUT2D eigenvalue weighted by molar-refractivity contribution is 7.99. The van der Waals surface area contributed by atoms with Crippen molar-refractivity contribution in [2.24, 2.45) is 0 Å². The molecule has 1 aliphatic rings. The molecule has 0 aliphatic carbocycles. The van der Waals surface area contributed by atoms with Gasteiger partial charge < -0.3 is 10.2 Å². The lowest BCUT2D eigenvalue weighted by Gasteiger charge is -2.21. The van der Waals surface area contributed by atoms with E-state index in [0.29, 0.717) is 10.9 Å². The third kappa shape index (κ3) is 3.93. The SMILES string of the molecule is CN1CCc2c(sc3c2c(=O)n(-c2ccccc2)c2nnc(SCC(=O)Nc4ccccc4)n32)C1. The number of benzene rings is 2. The minimum Gasteiger partial charge on any atom is -0.325 e. The van der Waals surface area contributed by atoms with E-state index in [0.717, 1.165) is 46.7 Å². The number of aromatic nitrogens is 4. The number of thiophene rings is 1. The van der Waals surface area contributed by atoms with Gasteiger partial charge in [0.05, 0.1) is 16.8 Å². The lowest BCUT2D eigenvalue weighted by Crippen LogP contribution is -2.27. The quantitative estimate of drug-likeness (QED) is 0.368. The fourth-order valence-corrected chi connectivity index (χ4v) is 6.64. The molecule has 0 saturated carbocycles. The smallest absolute Gasteiger partial charge is 0.268 e. The fourth-order valence-electron chi connectivity index (χ4n) is 4.43. The molecular weight excluding hydrogens is 480 g/mol. The van der Waals surface area contributed by atoms with Crippen LogP contribution in [0.1, 0.15) is 10.4 Å². The molecule has 0 saturated heterocycles. The lowest BCUT2D eigenvalue weighted by atomic mass is 10.1. The molecule has 1 amide bonds. The van der Waals surface area contributed by atoms with Gasteiger partial charge in [-0.25, -0.2) is 8.97 Å². The summed E-state index contributed by atoms with van der Waals surface area (Å²) in [6, 6.07) is 18.9. The number of fused-ring (bicyclic) bond motifs is 5. The fraction of sp³-hybridized carbons (Fsp3) is 0.200. The van der Waals surface area contributed by atoms with E-state index in [1.54, 1.807) is 15.9 Å². The van der Waals surface area contributed by atoms with Crippen molar-refractivity contribution in [3.8, 4) is 5.69 Å². The van der Waals surface area contributed by atoms with Gasteiger partial charge in [0.15, 0.2) is 5.16 Å². The van der Waals surface area contributed by atoms with Gasteiger partial charge in [-0.05, 0) is 43.3 Å². The molecule has 2 aromatic carbocycles. The summed E-state index contributed by atoms with van der Waals surface area (Å²) in [5.74, 6) is 0.499. The Kier molecular flexibility index (Phi) is 5.63. The molecule has 8 nitrogen and oxygen atoms in total. The highest BCUT2D eigenvalue weighted by Crippen LogP contribution is 2.35. The number of nitrogens with one attached hydrogen (secondary N) is 1. The molecule has 0 radical (unpaired) electrons. The zero-order valence-corrected chi connectivity index (χ0v) is 20.6. The van der Waals surface area contributed by atoms with Crippen LogP contribution in [0.2, 0.25) is 0 Å². The summed E-state index contributed by atoms with van der Waals surface area (Å²) in [6.07, 6.45) is 0.825. The van der Waals surface area contributed by atoms with Gasteiger partial charge in [-0.1, -0.05) is 48.2 Å². The first kappa shape index (κ1) is 22.0. The maximum Gasteiger partial charge on any atom is 0.268 e. The number of para-hydroxylation sites is 2. The van der Waals surface area contributed by atoms with Crippen molar-refractivity contribution < 1.29 is 4.79 Å². The summed E-state index contributed by atoms with van der Waals surface area (Å²) < 4.78 is 3.57. The molecule has 0 spiro atoms. The van der Waals surface area contributed by atoms with Gasteiger partial charge in [0.1, 0.15) is 4.83 Å². The van der Waals surface area contributed by atoms with Gasteiger partial charge in [-0.2, -0.15) is 0 Å². The minimum absolute atomic E-state index is 0.0773. The average molecular weight is 503 g/mol. The largest absolute Gasteiger partial charge is 0.325 e. The lowest BCUT2D eigenvalue weighted by molar-refractivity contribution is -0.113. The Morgan fingerprint density at radius 3 is 2.60 bits per heavy atom. The number of hydrogen-bond donors (Lipinski definition) is 1. The highest BCUT2D eigenvalue weighted by Gasteiger charge is 2.26. The zero-order valence-electron chi connectivity index (χ0n) is 19.0. The van der Waals surface area contributed by atoms with Crippen LogP contribution in [0.25, 0.3) is 21.7 Å². The maximum atomic E-state index is 13.8. The molecule has 10 heteroatoms. The molecule has 1 N–H and O–H groups in total. The molecule has 176 valence electrons. The van der Waals surface area contributed by atoms with E-state index in [-0.39, 0.29) is 17.2 Å². The molecular formula is C25H22N6O2S2. The van der Waals surface area contributed by atoms with Gasteiger partial charge in [-0.3, -0.25) is 9.59 Å². The molecule has 0 bridgehead atoms. The van der Waals surface area contributed by atoms with Crippen molar-refractivity contribution in [2.75, 3.05) is 24.7 Å². The first-order chi connectivity index (χ1) is 17.1. The van der Waals surface area contributed by atoms with Crippen LogP contribution in [0.15, 0.2) is 70.6 Å². The number of nitrogens with zero attached hydrogens (tertiary/aromatic N) is 5. The van der Waals surface area contributed by atoms with Gasteiger partial charge in [-0.15, -0.1) is 21.5 Å². The zero-order chi connectivity index (χ0) is 23.9. The topological polar surface area (TPSA) is 84.5 Å². The van der Waals surface area contributed by atoms with Gasteiger partial charge in [0, 0.05) is 23.7 Å². The number of carbonyl (C=O) groups excluding carboxylic acids is 1. The van der Waals surface area contributed by atoms with Crippen LogP contribution in [-0.2, 0) is 17.8 Å². The molecule has 35 heavy (non-hydrogen) atoms. The summed E-state index contributed by atoms with van der Waals surface area (Å²) in [4.78, 5) is 30.7. The van der Waals surface area contributed by atoms with Crippen LogP contribution >= 0.6 is 23.1 Å². The number of carbonyl (C=O) groups is 1. The standard InChI is InChI=1S/C25H22N6O2S2/c1-29-13-12-18-19(14-29)35-23-21(18)22(33)30(17-10-6-3-7-11-17)24-27-28-25(31(23)24)34-15-20(32)26-16-8-4-2-5-9-16/h2-11H,12-15H2,1H3,(H,26,32). The van der Waals surface area contributed by atoms with E-state index in [9.17, 15) is 9.59 Å². The summed E-state index contributed by atoms with van der Waals surface area (Å²) in [6.45, 7) is 1.72. The van der Waals surface area contributed by atoms with E-state index in [2.05, 4.69) is 27.5 Å². The summed E-state index contributed by atoms with van der Waals surface area (Å²) >= 11 is 2.93. The molecule has 6 rings (SSSR count). The number of anilines is 1. The first-order valence-corrected chi connectivity index (χ1v) is 13.1. The van der Waals surface area contributed by atoms with Crippen molar-refractivity contribution in [1.29, 1.82) is 0 Å². The number of hydrogen-bond acceptors (Lipinski definition) is 7. The molecule has 1 aliphatic heterocycles. The molecule has 0 atom stereocenters. The third-order valence-electron chi connectivity index (χ3n) is 6.07. The van der Waals surface area contributed by atoms with Crippen molar-refractivity contribution in [1.82, 2.24) is 24.1 Å². The Balaban J connectivity index is 1.47. The van der Waals surface area contributed by atoms with Crippen molar-refractivity contribution in [3.05, 3.63) is 81.5 Å². The maximum absolute atomic E-state index is 13.8. The second-order valence-electron chi connectivity index (χ2n) is 8.47. The normalized spacial score (nSPS) is 13.9. The van der Waals surface area contributed by atoms with E-state index in [1.807, 2.05) is 65.1 Å². The Labute approximate surface area is 209 Å². The molecule has 0 unspecified atom stereocenters. The van der Waals surface area contributed by atoms with Crippen LogP contribution in [0.3, 0.4) is 0 Å². The van der Waals surface area contributed by atoms with Crippen LogP contribution in [-0.4, -0.2) is 49.3 Å². The molecule has 3 aromatic heterocycles. The Morgan fingerprint density at radius 2 is 1.83 bits per heavy atom. The summed E-state index contributed by atoms with van der Waals surface area (Å²) in [5.41, 5.74) is 2.53. The van der Waals surface area contributed by atoms with Crippen LogP contribution in [0.4, 0.5) is 5.69 Å². The number of thioether (sulfide) groups is 1. The van der Waals surface area contributed by atoms with Crippen molar-refractivity contribution >= 4 is 50.7 Å². The Morgan fingerprint density at radius 1 is 1.09 bits per heavy atom. The first-order valence-electron chi connectivity index (χ1n) is 11.3. The second kappa shape index (κ2) is 8.95. The van der Waals surface area contributed by atoms with E-state index >= 15 is 0 Å². The predicted octanol–water partition coefficient (Wildman–Crippen LogP) is 3.81. The van der Waals surface area contributed by atoms with Crippen LogP contribution < -0.4 is 10.9 Å². The summed E-state index contributed by atoms with van der Waals surface area (Å²) in [7, 11) is 2.09. The van der Waals surface area contributed by atoms with Crippen molar-refractivity contribution in [3.63, 3.8) is 0 Å². The molecule has 0 fully saturated rings. The Bertz CT molecular complexity index is 1610. The van der Waals surface area contributed by atoms with E-state index in [1.165, 1.54) is 16.6 Å². The third-order valence-corrected chi connectivity index (χ3v) is 8.20. The molecule has 4 heterocycles. The number of amides is 1. The average Bonchev–Trinajstić information content (AvgIpc) is 3.45. The Hall–Kier alpha value is -3.47. The number of rotatable bonds is 5. The molecule has 5 aromatic rings. The monoisotopic (exact) mass is 502 g/mol.